The molecule has 2 aromatic rings. The molecule has 1 aliphatic heterocycles. The Morgan fingerprint density at radius 2 is 1.75 bits per heavy atom. The summed E-state index contributed by atoms with van der Waals surface area (Å²) < 4.78 is 38.3. The SMILES string of the molecule is N#CC1(c2ccccc2)CCN(c2nccc(C(F)(F)F)n2)CC1. The van der Waals surface area contributed by atoms with E-state index < -0.39 is 17.3 Å². The molecule has 24 heavy (non-hydrogen) atoms. The minimum Gasteiger partial charge on any atom is -0.341 e. The van der Waals surface area contributed by atoms with Crippen molar-refractivity contribution in [1.29, 1.82) is 5.26 Å². The van der Waals surface area contributed by atoms with E-state index in [1.807, 2.05) is 30.3 Å². The molecule has 1 aromatic carbocycles. The van der Waals surface area contributed by atoms with Crippen LogP contribution >= 0.6 is 0 Å². The summed E-state index contributed by atoms with van der Waals surface area (Å²) in [6.07, 6.45) is -2.33. The molecule has 124 valence electrons. The van der Waals surface area contributed by atoms with Gasteiger partial charge in [-0.1, -0.05) is 30.3 Å². The van der Waals surface area contributed by atoms with Crippen molar-refractivity contribution in [2.75, 3.05) is 18.0 Å². The van der Waals surface area contributed by atoms with Gasteiger partial charge in [-0.3, -0.25) is 0 Å². The molecule has 0 N–H and O–H groups in total. The van der Waals surface area contributed by atoms with Gasteiger partial charge in [0.25, 0.3) is 0 Å². The van der Waals surface area contributed by atoms with Crippen molar-refractivity contribution < 1.29 is 13.2 Å². The van der Waals surface area contributed by atoms with E-state index >= 15 is 0 Å². The normalized spacial score (nSPS) is 17.3. The van der Waals surface area contributed by atoms with Crippen LogP contribution in [0, 0.1) is 11.3 Å². The largest absolute Gasteiger partial charge is 0.433 e. The lowest BCUT2D eigenvalue weighted by molar-refractivity contribution is -0.141. The number of hydrogen-bond acceptors (Lipinski definition) is 4. The van der Waals surface area contributed by atoms with Crippen LogP contribution in [0.2, 0.25) is 0 Å². The molecule has 0 unspecified atom stereocenters. The van der Waals surface area contributed by atoms with E-state index in [0.717, 1.165) is 17.8 Å². The summed E-state index contributed by atoms with van der Waals surface area (Å²) in [6, 6.07) is 12.7. The van der Waals surface area contributed by atoms with Crippen LogP contribution in [-0.4, -0.2) is 23.1 Å². The van der Waals surface area contributed by atoms with Crippen LogP contribution in [0.3, 0.4) is 0 Å². The van der Waals surface area contributed by atoms with Crippen LogP contribution in [0.25, 0.3) is 0 Å². The van der Waals surface area contributed by atoms with Crippen LogP contribution in [0.5, 0.6) is 0 Å². The van der Waals surface area contributed by atoms with Crippen LogP contribution in [0.15, 0.2) is 42.6 Å². The molecule has 2 heterocycles. The van der Waals surface area contributed by atoms with Gasteiger partial charge in [-0.05, 0) is 24.5 Å². The van der Waals surface area contributed by atoms with Crippen LogP contribution < -0.4 is 4.90 Å². The van der Waals surface area contributed by atoms with Gasteiger partial charge in [-0.15, -0.1) is 0 Å². The highest BCUT2D eigenvalue weighted by molar-refractivity contribution is 5.38. The van der Waals surface area contributed by atoms with E-state index in [-0.39, 0.29) is 5.95 Å². The number of nitriles is 1. The molecule has 1 saturated heterocycles. The van der Waals surface area contributed by atoms with Gasteiger partial charge in [0.2, 0.25) is 5.95 Å². The smallest absolute Gasteiger partial charge is 0.341 e. The second-order valence-corrected chi connectivity index (χ2v) is 5.79. The first kappa shape index (κ1) is 16.2. The number of anilines is 1. The van der Waals surface area contributed by atoms with Gasteiger partial charge in [0.15, 0.2) is 0 Å². The highest BCUT2D eigenvalue weighted by Gasteiger charge is 2.38. The third-order valence-corrected chi connectivity index (χ3v) is 4.37. The molecule has 7 heteroatoms. The lowest BCUT2D eigenvalue weighted by Gasteiger charge is -2.37. The highest BCUT2D eigenvalue weighted by atomic mass is 19.4. The molecule has 0 radical (unpaired) electrons. The van der Waals surface area contributed by atoms with Gasteiger partial charge in [0.1, 0.15) is 5.69 Å². The maximum absolute atomic E-state index is 12.8. The summed E-state index contributed by atoms with van der Waals surface area (Å²) in [5, 5.41) is 9.65. The van der Waals surface area contributed by atoms with E-state index in [1.54, 1.807) is 4.90 Å². The van der Waals surface area contributed by atoms with Crippen LogP contribution in [0.1, 0.15) is 24.1 Å². The molecule has 3 rings (SSSR count). The zero-order valence-electron chi connectivity index (χ0n) is 12.8. The van der Waals surface area contributed by atoms with Crippen LogP contribution in [-0.2, 0) is 11.6 Å². The number of piperidine rings is 1. The van der Waals surface area contributed by atoms with Crippen LogP contribution in [0.4, 0.5) is 19.1 Å². The zero-order chi connectivity index (χ0) is 17.2. The summed E-state index contributed by atoms with van der Waals surface area (Å²) >= 11 is 0. The van der Waals surface area contributed by atoms with Gasteiger partial charge >= 0.3 is 6.18 Å². The standard InChI is InChI=1S/C17H15F3N4/c18-17(19,20)14-6-9-22-15(23-14)24-10-7-16(12-21,8-11-24)13-4-2-1-3-5-13/h1-6,9H,7-8,10-11H2. The number of nitrogens with zero attached hydrogens (tertiary/aromatic N) is 4. The lowest BCUT2D eigenvalue weighted by Crippen LogP contribution is -2.42. The molecule has 1 aliphatic rings. The summed E-state index contributed by atoms with van der Waals surface area (Å²) in [5.41, 5.74) is -0.621. The molecular weight excluding hydrogens is 317 g/mol. The second-order valence-electron chi connectivity index (χ2n) is 5.79. The van der Waals surface area contributed by atoms with Crippen molar-refractivity contribution in [2.45, 2.75) is 24.4 Å². The van der Waals surface area contributed by atoms with E-state index in [4.69, 9.17) is 0 Å². The Bertz CT molecular complexity index is 744. The summed E-state index contributed by atoms with van der Waals surface area (Å²) in [4.78, 5) is 9.28. The third kappa shape index (κ3) is 3.04. The number of hydrogen-bond donors (Lipinski definition) is 0. The number of aromatic nitrogens is 2. The third-order valence-electron chi connectivity index (χ3n) is 4.37. The van der Waals surface area contributed by atoms with Crippen molar-refractivity contribution in [2.24, 2.45) is 0 Å². The lowest BCUT2D eigenvalue weighted by atomic mass is 9.74. The minimum atomic E-state index is -4.49. The Hall–Kier alpha value is -2.62. The summed E-state index contributed by atoms with van der Waals surface area (Å²) in [7, 11) is 0. The van der Waals surface area contributed by atoms with Gasteiger partial charge in [-0.2, -0.15) is 18.4 Å². The molecule has 1 aromatic heterocycles. The monoisotopic (exact) mass is 332 g/mol. The van der Waals surface area contributed by atoms with E-state index in [0.29, 0.717) is 25.9 Å². The molecule has 4 nitrogen and oxygen atoms in total. The molecule has 0 aliphatic carbocycles. The fourth-order valence-corrected chi connectivity index (χ4v) is 2.97. The number of benzene rings is 1. The molecule has 1 fully saturated rings. The number of alkyl halides is 3. The first-order chi connectivity index (χ1) is 11.4. The average Bonchev–Trinajstić information content (AvgIpc) is 2.62. The molecule has 0 spiro atoms. The second kappa shape index (κ2) is 6.11. The van der Waals surface area contributed by atoms with Crippen molar-refractivity contribution >= 4 is 5.95 Å². The maximum Gasteiger partial charge on any atom is 0.433 e. The quantitative estimate of drug-likeness (QED) is 0.844. The fourth-order valence-electron chi connectivity index (χ4n) is 2.97. The molecule has 0 atom stereocenters. The Morgan fingerprint density at radius 3 is 2.33 bits per heavy atom. The predicted octanol–water partition coefficient (Wildman–Crippen LogP) is 3.56. The highest BCUT2D eigenvalue weighted by Crippen LogP contribution is 2.36. The average molecular weight is 332 g/mol. The summed E-state index contributed by atoms with van der Waals surface area (Å²) in [5.74, 6) is 0.0597. The van der Waals surface area contributed by atoms with Gasteiger partial charge < -0.3 is 4.90 Å². The van der Waals surface area contributed by atoms with Gasteiger partial charge in [0.05, 0.1) is 11.5 Å². The number of rotatable bonds is 2. The van der Waals surface area contributed by atoms with Crippen molar-refractivity contribution in [3.8, 4) is 6.07 Å². The zero-order valence-corrected chi connectivity index (χ0v) is 12.8. The molecule has 0 bridgehead atoms. The first-order valence-corrected chi connectivity index (χ1v) is 7.57. The number of halogens is 3. The first-order valence-electron chi connectivity index (χ1n) is 7.57. The van der Waals surface area contributed by atoms with Gasteiger partial charge in [-0.25, -0.2) is 9.97 Å². The molecule has 0 saturated carbocycles. The van der Waals surface area contributed by atoms with Gasteiger partial charge in [0, 0.05) is 19.3 Å². The minimum absolute atomic E-state index is 0.0597. The Labute approximate surface area is 137 Å². The van der Waals surface area contributed by atoms with E-state index in [2.05, 4.69) is 16.0 Å². The van der Waals surface area contributed by atoms with Crippen molar-refractivity contribution in [1.82, 2.24) is 9.97 Å². The Kier molecular flexibility index (Phi) is 4.14. The predicted molar refractivity (Wildman–Crippen MR) is 82.2 cm³/mol. The molecular formula is C17H15F3N4. The van der Waals surface area contributed by atoms with E-state index in [9.17, 15) is 18.4 Å². The topological polar surface area (TPSA) is 52.8 Å². The molecule has 0 amide bonds. The van der Waals surface area contributed by atoms with Crippen molar-refractivity contribution in [3.63, 3.8) is 0 Å². The van der Waals surface area contributed by atoms with E-state index in [1.165, 1.54) is 0 Å². The Balaban J connectivity index is 1.79. The fraction of sp³-hybridized carbons (Fsp3) is 0.353. The van der Waals surface area contributed by atoms with Crippen molar-refractivity contribution in [3.05, 3.63) is 53.9 Å². The maximum atomic E-state index is 12.8. The summed E-state index contributed by atoms with van der Waals surface area (Å²) in [6.45, 7) is 0.869. The Morgan fingerprint density at radius 1 is 1.08 bits per heavy atom.